The first kappa shape index (κ1) is 15.8. The lowest BCUT2D eigenvalue weighted by atomic mass is 9.99. The average Bonchev–Trinajstić information content (AvgIpc) is 2.84. The number of aromatic nitrogens is 1. The van der Waals surface area contributed by atoms with E-state index in [4.69, 9.17) is 5.73 Å². The van der Waals surface area contributed by atoms with Crippen LogP contribution in [-0.2, 0) is 16.8 Å². The predicted molar refractivity (Wildman–Crippen MR) is 80.6 cm³/mol. The summed E-state index contributed by atoms with van der Waals surface area (Å²) in [6.07, 6.45) is 1.69. The van der Waals surface area contributed by atoms with Gasteiger partial charge in [0.15, 0.2) is 0 Å². The maximum atomic E-state index is 12.5. The molecule has 0 spiro atoms. The van der Waals surface area contributed by atoms with Crippen molar-refractivity contribution in [1.82, 2.24) is 13.6 Å². The second-order valence-electron chi connectivity index (χ2n) is 5.20. The summed E-state index contributed by atoms with van der Waals surface area (Å²) in [5.41, 5.74) is 6.44. The highest BCUT2D eigenvalue weighted by atomic mass is 32.2. The third kappa shape index (κ3) is 3.56. The van der Waals surface area contributed by atoms with Crippen LogP contribution in [-0.4, -0.2) is 48.7 Å². The van der Waals surface area contributed by atoms with Crippen molar-refractivity contribution < 1.29 is 8.42 Å². The van der Waals surface area contributed by atoms with Gasteiger partial charge in [-0.1, -0.05) is 0 Å². The van der Waals surface area contributed by atoms with Gasteiger partial charge in [0, 0.05) is 25.5 Å². The van der Waals surface area contributed by atoms with Gasteiger partial charge >= 0.3 is 0 Å². The molecule has 2 heterocycles. The van der Waals surface area contributed by atoms with Crippen LogP contribution >= 0.6 is 11.3 Å². The molecule has 1 fully saturated rings. The monoisotopic (exact) mass is 318 g/mol. The van der Waals surface area contributed by atoms with Crippen LogP contribution in [0.15, 0.2) is 5.38 Å². The minimum Gasteiger partial charge on any atom is -0.330 e. The van der Waals surface area contributed by atoms with Crippen LogP contribution in [0.25, 0.3) is 0 Å². The molecule has 1 aliphatic heterocycles. The largest absolute Gasteiger partial charge is 0.330 e. The van der Waals surface area contributed by atoms with E-state index in [1.165, 1.54) is 15.6 Å². The Morgan fingerprint density at radius 3 is 2.65 bits per heavy atom. The van der Waals surface area contributed by atoms with Gasteiger partial charge in [-0.05, 0) is 32.2 Å². The second-order valence-corrected chi connectivity index (χ2v) is 8.30. The molecule has 0 bridgehead atoms. The number of hydrogen-bond acceptors (Lipinski definition) is 5. The van der Waals surface area contributed by atoms with Gasteiger partial charge in [-0.2, -0.15) is 17.0 Å². The first-order valence-electron chi connectivity index (χ1n) is 6.76. The standard InChI is InChI=1S/C12H22N4O2S2/c1-10-14-12(9-19-10)8-15(2)20(17,18)16-5-3-11(7-13)4-6-16/h9,11H,3-8,13H2,1-2H3. The quantitative estimate of drug-likeness (QED) is 0.871. The van der Waals surface area contributed by atoms with Gasteiger partial charge in [0.25, 0.3) is 10.2 Å². The summed E-state index contributed by atoms with van der Waals surface area (Å²) >= 11 is 1.54. The maximum Gasteiger partial charge on any atom is 0.282 e. The van der Waals surface area contributed by atoms with E-state index in [0.717, 1.165) is 23.5 Å². The van der Waals surface area contributed by atoms with Crippen LogP contribution in [0.1, 0.15) is 23.5 Å². The van der Waals surface area contributed by atoms with Crippen molar-refractivity contribution in [1.29, 1.82) is 0 Å². The minimum absolute atomic E-state index is 0.323. The SMILES string of the molecule is Cc1nc(CN(C)S(=O)(=O)N2CCC(CN)CC2)cs1. The van der Waals surface area contributed by atoms with Crippen LogP contribution < -0.4 is 5.73 Å². The van der Waals surface area contributed by atoms with E-state index in [2.05, 4.69) is 4.98 Å². The van der Waals surface area contributed by atoms with Crippen LogP contribution in [0.3, 0.4) is 0 Å². The third-order valence-electron chi connectivity index (χ3n) is 3.68. The molecule has 0 aliphatic carbocycles. The van der Waals surface area contributed by atoms with E-state index >= 15 is 0 Å². The highest BCUT2D eigenvalue weighted by Crippen LogP contribution is 2.21. The summed E-state index contributed by atoms with van der Waals surface area (Å²) in [6.45, 7) is 4.00. The molecule has 0 unspecified atom stereocenters. The molecule has 8 heteroatoms. The fourth-order valence-corrected chi connectivity index (χ4v) is 4.33. The first-order chi connectivity index (χ1) is 9.43. The Balaban J connectivity index is 1.99. The van der Waals surface area contributed by atoms with Crippen molar-refractivity contribution in [2.24, 2.45) is 11.7 Å². The first-order valence-corrected chi connectivity index (χ1v) is 9.03. The lowest BCUT2D eigenvalue weighted by molar-refractivity contribution is 0.261. The van der Waals surface area contributed by atoms with Crippen molar-refractivity contribution in [2.45, 2.75) is 26.3 Å². The molecule has 1 aromatic heterocycles. The summed E-state index contributed by atoms with van der Waals surface area (Å²) < 4.78 is 27.9. The lowest BCUT2D eigenvalue weighted by Crippen LogP contribution is -2.46. The number of rotatable bonds is 5. The highest BCUT2D eigenvalue weighted by Gasteiger charge is 2.30. The highest BCUT2D eigenvalue weighted by molar-refractivity contribution is 7.86. The van der Waals surface area contributed by atoms with E-state index in [1.54, 1.807) is 11.4 Å². The molecule has 6 nitrogen and oxygen atoms in total. The van der Waals surface area contributed by atoms with Crippen molar-refractivity contribution in [3.05, 3.63) is 16.1 Å². The van der Waals surface area contributed by atoms with Crippen LogP contribution in [0.2, 0.25) is 0 Å². The molecule has 114 valence electrons. The fraction of sp³-hybridized carbons (Fsp3) is 0.750. The van der Waals surface area contributed by atoms with Crippen molar-refractivity contribution in [3.63, 3.8) is 0 Å². The Bertz CT molecular complexity index is 535. The molecule has 2 rings (SSSR count). The maximum absolute atomic E-state index is 12.5. The number of nitrogens with two attached hydrogens (primary N) is 1. The minimum atomic E-state index is -3.39. The number of hydrogen-bond donors (Lipinski definition) is 1. The molecular formula is C12H22N4O2S2. The van der Waals surface area contributed by atoms with Crippen molar-refractivity contribution in [3.8, 4) is 0 Å². The van der Waals surface area contributed by atoms with E-state index in [1.807, 2.05) is 12.3 Å². The number of thiazole rings is 1. The van der Waals surface area contributed by atoms with Gasteiger partial charge in [0.1, 0.15) is 0 Å². The molecule has 0 atom stereocenters. The second kappa shape index (κ2) is 6.48. The normalized spacial score (nSPS) is 18.8. The van der Waals surface area contributed by atoms with Crippen LogP contribution in [0.4, 0.5) is 0 Å². The van der Waals surface area contributed by atoms with Gasteiger partial charge < -0.3 is 5.73 Å². The fourth-order valence-electron chi connectivity index (χ4n) is 2.36. The number of piperidine rings is 1. The van der Waals surface area contributed by atoms with Crippen LogP contribution in [0, 0.1) is 12.8 Å². The zero-order valence-corrected chi connectivity index (χ0v) is 13.6. The van der Waals surface area contributed by atoms with Gasteiger partial charge in [0.05, 0.1) is 17.2 Å². The van der Waals surface area contributed by atoms with Crippen LogP contribution in [0.5, 0.6) is 0 Å². The average molecular weight is 318 g/mol. The summed E-state index contributed by atoms with van der Waals surface area (Å²) in [7, 11) is -1.78. The molecule has 1 saturated heterocycles. The van der Waals surface area contributed by atoms with E-state index in [9.17, 15) is 8.42 Å². The molecule has 1 aliphatic rings. The zero-order chi connectivity index (χ0) is 14.8. The number of nitrogens with zero attached hydrogens (tertiary/aromatic N) is 3. The van der Waals surface area contributed by atoms with E-state index < -0.39 is 10.2 Å². The van der Waals surface area contributed by atoms with Gasteiger partial charge in [-0.15, -0.1) is 11.3 Å². The molecule has 0 amide bonds. The predicted octanol–water partition coefficient (Wildman–Crippen LogP) is 0.799. The Kier molecular flexibility index (Phi) is 5.14. The molecule has 2 N–H and O–H groups in total. The molecule has 20 heavy (non-hydrogen) atoms. The molecule has 1 aromatic rings. The van der Waals surface area contributed by atoms with Gasteiger partial charge in [-0.25, -0.2) is 4.98 Å². The molecular weight excluding hydrogens is 296 g/mol. The number of aryl methyl sites for hydroxylation is 1. The van der Waals surface area contributed by atoms with E-state index in [0.29, 0.717) is 32.1 Å². The topological polar surface area (TPSA) is 79.5 Å². The van der Waals surface area contributed by atoms with E-state index in [-0.39, 0.29) is 0 Å². The van der Waals surface area contributed by atoms with Crippen molar-refractivity contribution in [2.75, 3.05) is 26.7 Å². The zero-order valence-electron chi connectivity index (χ0n) is 11.9. The Morgan fingerprint density at radius 2 is 2.15 bits per heavy atom. The summed E-state index contributed by atoms with van der Waals surface area (Å²) in [5.74, 6) is 0.452. The summed E-state index contributed by atoms with van der Waals surface area (Å²) in [5, 5.41) is 2.86. The van der Waals surface area contributed by atoms with Crippen molar-refractivity contribution >= 4 is 21.5 Å². The molecule has 0 aromatic carbocycles. The van der Waals surface area contributed by atoms with Gasteiger partial charge in [-0.3, -0.25) is 0 Å². The Labute approximate surface area is 124 Å². The molecule has 0 radical (unpaired) electrons. The Hall–Kier alpha value is -0.540. The van der Waals surface area contributed by atoms with Gasteiger partial charge in [0.2, 0.25) is 0 Å². The summed E-state index contributed by atoms with van der Waals surface area (Å²) in [6, 6.07) is 0. The smallest absolute Gasteiger partial charge is 0.282 e. The lowest BCUT2D eigenvalue weighted by Gasteiger charge is -2.33. The molecule has 0 saturated carbocycles. The summed E-state index contributed by atoms with van der Waals surface area (Å²) in [4.78, 5) is 4.31. The third-order valence-corrected chi connectivity index (χ3v) is 6.44. The Morgan fingerprint density at radius 1 is 1.50 bits per heavy atom.